The van der Waals surface area contributed by atoms with Crippen molar-refractivity contribution in [1.82, 2.24) is 0 Å². The molecule has 0 N–H and O–H groups in total. The second kappa shape index (κ2) is 3.74. The predicted molar refractivity (Wildman–Crippen MR) is 58.6 cm³/mol. The molecule has 18 heavy (non-hydrogen) atoms. The van der Waals surface area contributed by atoms with Crippen LogP contribution in [0.4, 0.5) is 0 Å². The minimum Gasteiger partial charge on any atom is -0.342 e. The van der Waals surface area contributed by atoms with Crippen molar-refractivity contribution in [1.29, 1.82) is 0 Å². The van der Waals surface area contributed by atoms with Gasteiger partial charge in [-0.15, -0.1) is 0 Å². The van der Waals surface area contributed by atoms with E-state index in [9.17, 15) is 4.79 Å². The van der Waals surface area contributed by atoms with Gasteiger partial charge in [0.1, 0.15) is 24.4 Å². The maximum absolute atomic E-state index is 11.1. The highest BCUT2D eigenvalue weighted by Crippen LogP contribution is 2.43. The molecular formula is C12H18O6. The van der Waals surface area contributed by atoms with E-state index in [2.05, 4.69) is 0 Å². The Bertz CT molecular complexity index is 366. The van der Waals surface area contributed by atoms with Crippen molar-refractivity contribution in [2.75, 3.05) is 0 Å². The molecule has 0 radical (unpaired) electrons. The van der Waals surface area contributed by atoms with Gasteiger partial charge in [-0.3, -0.25) is 0 Å². The number of carbonyl (C=O) groups is 1. The Morgan fingerprint density at radius 3 is 2.06 bits per heavy atom. The summed E-state index contributed by atoms with van der Waals surface area (Å²) in [7, 11) is 0. The lowest BCUT2D eigenvalue weighted by atomic mass is 10.00. The molecule has 0 unspecified atom stereocenters. The number of hydrogen-bond acceptors (Lipinski definition) is 6. The molecule has 6 heteroatoms. The molecule has 0 aromatic heterocycles. The van der Waals surface area contributed by atoms with Crippen LogP contribution >= 0.6 is 0 Å². The summed E-state index contributed by atoms with van der Waals surface area (Å²) in [5.74, 6) is -1.49. The van der Waals surface area contributed by atoms with Crippen LogP contribution in [0.2, 0.25) is 0 Å². The van der Waals surface area contributed by atoms with Gasteiger partial charge in [-0.1, -0.05) is 0 Å². The molecular weight excluding hydrogens is 240 g/mol. The minimum atomic E-state index is -0.745. The van der Waals surface area contributed by atoms with Crippen LogP contribution in [0.1, 0.15) is 27.7 Å². The maximum Gasteiger partial charge on any atom is 0.190 e. The first-order valence-corrected chi connectivity index (χ1v) is 6.13. The van der Waals surface area contributed by atoms with E-state index in [-0.39, 0.29) is 12.2 Å². The zero-order valence-electron chi connectivity index (χ0n) is 10.9. The smallest absolute Gasteiger partial charge is 0.190 e. The van der Waals surface area contributed by atoms with Gasteiger partial charge >= 0.3 is 0 Å². The Morgan fingerprint density at radius 1 is 0.833 bits per heavy atom. The second-order valence-corrected chi connectivity index (χ2v) is 5.77. The van der Waals surface area contributed by atoms with Crippen LogP contribution in [-0.2, 0) is 28.5 Å². The minimum absolute atomic E-state index is 0.351. The fourth-order valence-electron chi connectivity index (χ4n) is 2.75. The van der Waals surface area contributed by atoms with Crippen LogP contribution in [0.5, 0.6) is 0 Å². The number of fused-ring (bicyclic) bond motifs is 3. The molecule has 3 aliphatic heterocycles. The summed E-state index contributed by atoms with van der Waals surface area (Å²) >= 11 is 0. The molecule has 3 rings (SSSR count). The van der Waals surface area contributed by atoms with Crippen molar-refractivity contribution in [3.8, 4) is 0 Å². The molecule has 0 aromatic rings. The molecule has 0 amide bonds. The molecule has 3 heterocycles. The van der Waals surface area contributed by atoms with E-state index in [0.29, 0.717) is 0 Å². The molecule has 0 saturated carbocycles. The van der Waals surface area contributed by atoms with Crippen molar-refractivity contribution in [3.05, 3.63) is 0 Å². The van der Waals surface area contributed by atoms with E-state index < -0.39 is 30.1 Å². The highest BCUT2D eigenvalue weighted by atomic mass is 16.9. The molecule has 102 valence electrons. The average molecular weight is 258 g/mol. The first-order valence-electron chi connectivity index (χ1n) is 6.13. The van der Waals surface area contributed by atoms with E-state index in [4.69, 9.17) is 23.7 Å². The van der Waals surface area contributed by atoms with E-state index in [1.165, 1.54) is 0 Å². The SMILES string of the molecule is CC1(C)O[C@H]2[C@@H](O1)[C@H](C=O)O[C@@H]1OC(C)(C)O[C@@H]12. The summed E-state index contributed by atoms with van der Waals surface area (Å²) in [5, 5.41) is 0. The third kappa shape index (κ3) is 1.88. The summed E-state index contributed by atoms with van der Waals surface area (Å²) in [5.41, 5.74) is 0. The van der Waals surface area contributed by atoms with E-state index >= 15 is 0 Å². The molecule has 5 atom stereocenters. The number of hydrogen-bond donors (Lipinski definition) is 0. The Labute approximate surface area is 105 Å². The Morgan fingerprint density at radius 2 is 1.39 bits per heavy atom. The van der Waals surface area contributed by atoms with Gasteiger partial charge in [-0.05, 0) is 27.7 Å². The molecule has 3 fully saturated rings. The van der Waals surface area contributed by atoms with Gasteiger partial charge in [0.05, 0.1) is 0 Å². The lowest BCUT2D eigenvalue weighted by Crippen LogP contribution is -2.55. The van der Waals surface area contributed by atoms with Crippen molar-refractivity contribution in [3.63, 3.8) is 0 Å². The van der Waals surface area contributed by atoms with Crippen molar-refractivity contribution in [2.45, 2.75) is 70.0 Å². The number of rotatable bonds is 1. The summed E-state index contributed by atoms with van der Waals surface area (Å²) in [6, 6.07) is 0. The predicted octanol–water partition coefficient (Wildman–Crippen LogP) is 0.582. The summed E-state index contributed by atoms with van der Waals surface area (Å²) in [6.45, 7) is 7.23. The first kappa shape index (κ1) is 12.5. The van der Waals surface area contributed by atoms with Gasteiger partial charge in [0.15, 0.2) is 24.2 Å². The van der Waals surface area contributed by atoms with Crippen molar-refractivity contribution < 1.29 is 28.5 Å². The number of carbonyl (C=O) groups excluding carboxylic acids is 1. The second-order valence-electron chi connectivity index (χ2n) is 5.77. The van der Waals surface area contributed by atoms with Gasteiger partial charge in [-0.25, -0.2) is 0 Å². The zero-order chi connectivity index (χ0) is 13.1. The van der Waals surface area contributed by atoms with E-state index in [0.717, 1.165) is 6.29 Å². The van der Waals surface area contributed by atoms with Gasteiger partial charge in [0, 0.05) is 0 Å². The normalized spacial score (nSPS) is 48.6. The fraction of sp³-hybridized carbons (Fsp3) is 0.917. The third-order valence-electron chi connectivity index (χ3n) is 3.32. The van der Waals surface area contributed by atoms with Crippen LogP contribution in [0.15, 0.2) is 0 Å². The number of ether oxygens (including phenoxy) is 5. The average Bonchev–Trinajstić information content (AvgIpc) is 2.71. The first-order chi connectivity index (χ1) is 8.31. The van der Waals surface area contributed by atoms with Crippen LogP contribution in [0.3, 0.4) is 0 Å². The summed E-state index contributed by atoms with van der Waals surface area (Å²) < 4.78 is 28.5. The van der Waals surface area contributed by atoms with Crippen LogP contribution in [-0.4, -0.2) is 48.6 Å². The molecule has 0 spiro atoms. The van der Waals surface area contributed by atoms with E-state index in [1.54, 1.807) is 13.8 Å². The molecule has 3 aliphatic rings. The molecule has 3 saturated heterocycles. The molecule has 6 nitrogen and oxygen atoms in total. The van der Waals surface area contributed by atoms with Crippen molar-refractivity contribution in [2.24, 2.45) is 0 Å². The maximum atomic E-state index is 11.1. The van der Waals surface area contributed by atoms with Crippen LogP contribution in [0, 0.1) is 0 Å². The fourth-order valence-corrected chi connectivity index (χ4v) is 2.75. The van der Waals surface area contributed by atoms with Gasteiger partial charge in [0.2, 0.25) is 0 Å². The van der Waals surface area contributed by atoms with Gasteiger partial charge in [-0.2, -0.15) is 0 Å². The Balaban J connectivity index is 1.89. The van der Waals surface area contributed by atoms with E-state index in [1.807, 2.05) is 13.8 Å². The molecule has 0 bridgehead atoms. The largest absolute Gasteiger partial charge is 0.342 e. The standard InChI is InChI=1S/C12H18O6/c1-11(2)15-7-6(5-13)14-10-9(8(7)16-11)17-12(3,4)18-10/h5-10H,1-4H3/t6-,7-,8-,9+,10+/m0/s1. The number of aldehydes is 1. The lowest BCUT2D eigenvalue weighted by Gasteiger charge is -2.34. The Hall–Kier alpha value is -0.530. The topological polar surface area (TPSA) is 63.2 Å². The summed E-state index contributed by atoms with van der Waals surface area (Å²) in [6.07, 6.45) is -1.72. The molecule has 0 aromatic carbocycles. The lowest BCUT2D eigenvalue weighted by molar-refractivity contribution is -0.226. The van der Waals surface area contributed by atoms with Gasteiger partial charge < -0.3 is 28.5 Å². The quantitative estimate of drug-likeness (QED) is 0.641. The molecule has 0 aliphatic carbocycles. The highest BCUT2D eigenvalue weighted by Gasteiger charge is 2.60. The Kier molecular flexibility index (Phi) is 2.60. The van der Waals surface area contributed by atoms with Crippen LogP contribution < -0.4 is 0 Å². The van der Waals surface area contributed by atoms with Crippen LogP contribution in [0.25, 0.3) is 0 Å². The monoisotopic (exact) mass is 258 g/mol. The van der Waals surface area contributed by atoms with Gasteiger partial charge in [0.25, 0.3) is 0 Å². The third-order valence-corrected chi connectivity index (χ3v) is 3.32. The zero-order valence-corrected chi connectivity index (χ0v) is 10.9. The van der Waals surface area contributed by atoms with Crippen molar-refractivity contribution >= 4 is 6.29 Å². The summed E-state index contributed by atoms with van der Waals surface area (Å²) in [4.78, 5) is 11.1. The highest BCUT2D eigenvalue weighted by molar-refractivity contribution is 5.58.